The number of rotatable bonds is 7. The minimum absolute atomic E-state index is 0.206. The molecule has 2 atom stereocenters. The zero-order chi connectivity index (χ0) is 12.7. The highest BCUT2D eigenvalue weighted by atomic mass is 32.2. The summed E-state index contributed by atoms with van der Waals surface area (Å²) in [6, 6.07) is 8.30. The second-order valence-corrected chi connectivity index (χ2v) is 5.05. The van der Waals surface area contributed by atoms with Gasteiger partial charge in [0.2, 0.25) is 0 Å². The number of hydrogen-bond donors (Lipinski definition) is 2. The van der Waals surface area contributed by atoms with E-state index in [1.807, 2.05) is 30.5 Å². The average Bonchev–Trinajstić information content (AvgIpc) is 2.38. The van der Waals surface area contributed by atoms with E-state index < -0.39 is 0 Å². The molecule has 2 unspecified atom stereocenters. The van der Waals surface area contributed by atoms with Gasteiger partial charge in [-0.25, -0.2) is 0 Å². The molecule has 2 N–H and O–H groups in total. The van der Waals surface area contributed by atoms with Crippen LogP contribution in [0.4, 0.5) is 0 Å². The summed E-state index contributed by atoms with van der Waals surface area (Å²) in [6.45, 7) is 3.11. The van der Waals surface area contributed by atoms with Crippen molar-refractivity contribution in [2.24, 2.45) is 0 Å². The molecule has 0 heterocycles. The lowest BCUT2D eigenvalue weighted by atomic mass is 10.2. The third-order valence-corrected chi connectivity index (χ3v) is 3.99. The summed E-state index contributed by atoms with van der Waals surface area (Å²) in [5.41, 5.74) is 1.22. The fourth-order valence-electron chi connectivity index (χ4n) is 1.59. The Labute approximate surface area is 108 Å². The molecule has 17 heavy (non-hydrogen) atoms. The lowest BCUT2D eigenvalue weighted by molar-refractivity contribution is 0.276. The molecular weight excluding hydrogens is 234 g/mol. The van der Waals surface area contributed by atoms with Crippen molar-refractivity contribution >= 4 is 11.8 Å². The Morgan fingerprint density at radius 2 is 2.00 bits per heavy atom. The van der Waals surface area contributed by atoms with Crippen molar-refractivity contribution in [1.82, 2.24) is 5.32 Å². The first-order chi connectivity index (χ1) is 8.21. The van der Waals surface area contributed by atoms with Crippen LogP contribution in [0.2, 0.25) is 0 Å². The molecule has 0 aliphatic rings. The molecule has 0 aliphatic heterocycles. The Bertz CT molecular complexity index is 312. The highest BCUT2D eigenvalue weighted by molar-refractivity contribution is 7.99. The van der Waals surface area contributed by atoms with E-state index in [0.717, 1.165) is 12.3 Å². The van der Waals surface area contributed by atoms with Crippen LogP contribution in [-0.2, 0) is 6.54 Å². The standard InChI is InChI=1S/C13H21NO2S/c1-10(13(9-15)17-3)14-8-11-4-6-12(16-2)7-5-11/h4-7,10,13-15H,8-9H2,1-3H3. The van der Waals surface area contributed by atoms with Gasteiger partial charge in [-0.15, -0.1) is 0 Å². The molecule has 1 aromatic rings. The molecule has 0 radical (unpaired) electrons. The van der Waals surface area contributed by atoms with Crippen molar-refractivity contribution in [2.75, 3.05) is 20.0 Å². The van der Waals surface area contributed by atoms with Gasteiger partial charge in [-0.3, -0.25) is 0 Å². The first-order valence-electron chi connectivity index (χ1n) is 5.71. The Morgan fingerprint density at radius 3 is 2.47 bits per heavy atom. The normalized spacial score (nSPS) is 14.4. The maximum absolute atomic E-state index is 9.18. The van der Waals surface area contributed by atoms with Gasteiger partial charge in [-0.2, -0.15) is 11.8 Å². The van der Waals surface area contributed by atoms with Crippen molar-refractivity contribution < 1.29 is 9.84 Å². The van der Waals surface area contributed by atoms with Crippen molar-refractivity contribution in [3.63, 3.8) is 0 Å². The van der Waals surface area contributed by atoms with Gasteiger partial charge >= 0.3 is 0 Å². The van der Waals surface area contributed by atoms with Crippen molar-refractivity contribution in [3.8, 4) is 5.75 Å². The van der Waals surface area contributed by atoms with Gasteiger partial charge in [-0.1, -0.05) is 12.1 Å². The summed E-state index contributed by atoms with van der Waals surface area (Å²) in [6.07, 6.45) is 2.02. The van der Waals surface area contributed by atoms with Gasteiger partial charge in [0.1, 0.15) is 5.75 Å². The molecule has 0 saturated carbocycles. The SMILES string of the molecule is COc1ccc(CNC(C)C(CO)SC)cc1. The number of nitrogens with one attached hydrogen (secondary N) is 1. The first-order valence-corrected chi connectivity index (χ1v) is 7.00. The summed E-state index contributed by atoms with van der Waals surface area (Å²) in [5, 5.41) is 12.8. The number of aliphatic hydroxyl groups excluding tert-OH is 1. The topological polar surface area (TPSA) is 41.5 Å². The van der Waals surface area contributed by atoms with E-state index >= 15 is 0 Å². The number of thioether (sulfide) groups is 1. The third kappa shape index (κ3) is 4.58. The molecule has 0 aromatic heterocycles. The van der Waals surface area contributed by atoms with Gasteiger partial charge in [-0.05, 0) is 30.9 Å². The smallest absolute Gasteiger partial charge is 0.118 e. The maximum Gasteiger partial charge on any atom is 0.118 e. The van der Waals surface area contributed by atoms with Crippen molar-refractivity contribution in [3.05, 3.63) is 29.8 Å². The maximum atomic E-state index is 9.18. The van der Waals surface area contributed by atoms with Crippen molar-refractivity contribution in [2.45, 2.75) is 24.8 Å². The molecule has 4 heteroatoms. The zero-order valence-electron chi connectivity index (χ0n) is 10.6. The Balaban J connectivity index is 2.43. The minimum atomic E-state index is 0.206. The number of methoxy groups -OCH3 is 1. The highest BCUT2D eigenvalue weighted by Gasteiger charge is 2.14. The molecule has 3 nitrogen and oxygen atoms in total. The first kappa shape index (κ1) is 14.4. The van der Waals surface area contributed by atoms with Crippen LogP contribution in [0.5, 0.6) is 5.75 Å². The quantitative estimate of drug-likeness (QED) is 0.781. The van der Waals surface area contributed by atoms with E-state index in [0.29, 0.717) is 0 Å². The lowest BCUT2D eigenvalue weighted by Gasteiger charge is -2.21. The second-order valence-electron chi connectivity index (χ2n) is 3.97. The Morgan fingerprint density at radius 1 is 1.35 bits per heavy atom. The molecule has 96 valence electrons. The average molecular weight is 255 g/mol. The van der Waals surface area contributed by atoms with E-state index in [-0.39, 0.29) is 17.9 Å². The molecule has 0 spiro atoms. The highest BCUT2D eigenvalue weighted by Crippen LogP contribution is 2.13. The van der Waals surface area contributed by atoms with Crippen LogP contribution in [0.15, 0.2) is 24.3 Å². The van der Waals surface area contributed by atoms with Gasteiger partial charge < -0.3 is 15.2 Å². The molecule has 0 aliphatic carbocycles. The van der Waals surface area contributed by atoms with Crippen LogP contribution in [0, 0.1) is 0 Å². The summed E-state index contributed by atoms with van der Waals surface area (Å²) in [7, 11) is 1.67. The number of ether oxygens (including phenoxy) is 1. The van der Waals surface area contributed by atoms with Gasteiger partial charge in [0.05, 0.1) is 13.7 Å². The molecule has 0 saturated heterocycles. The predicted molar refractivity (Wildman–Crippen MR) is 73.7 cm³/mol. The number of benzene rings is 1. The third-order valence-electron chi connectivity index (χ3n) is 2.83. The number of aliphatic hydroxyl groups is 1. The van der Waals surface area contributed by atoms with Gasteiger partial charge in [0, 0.05) is 17.8 Å². The fraction of sp³-hybridized carbons (Fsp3) is 0.538. The van der Waals surface area contributed by atoms with E-state index in [1.54, 1.807) is 18.9 Å². The molecule has 0 fully saturated rings. The Kier molecular flexibility index (Phi) is 6.40. The van der Waals surface area contributed by atoms with E-state index in [9.17, 15) is 5.11 Å². The minimum Gasteiger partial charge on any atom is -0.497 e. The monoisotopic (exact) mass is 255 g/mol. The van der Waals surface area contributed by atoms with Crippen LogP contribution < -0.4 is 10.1 Å². The molecule has 0 bridgehead atoms. The second kappa shape index (κ2) is 7.58. The largest absolute Gasteiger partial charge is 0.497 e. The van der Waals surface area contributed by atoms with E-state index in [2.05, 4.69) is 12.2 Å². The zero-order valence-corrected chi connectivity index (χ0v) is 11.5. The predicted octanol–water partition coefficient (Wildman–Crippen LogP) is 1.90. The van der Waals surface area contributed by atoms with Crippen LogP contribution >= 0.6 is 11.8 Å². The van der Waals surface area contributed by atoms with Gasteiger partial charge in [0.15, 0.2) is 0 Å². The van der Waals surface area contributed by atoms with Crippen LogP contribution in [0.3, 0.4) is 0 Å². The summed E-state index contributed by atoms with van der Waals surface area (Å²) in [5.74, 6) is 0.874. The van der Waals surface area contributed by atoms with Gasteiger partial charge in [0.25, 0.3) is 0 Å². The van der Waals surface area contributed by atoms with Crippen molar-refractivity contribution in [1.29, 1.82) is 0 Å². The summed E-state index contributed by atoms with van der Waals surface area (Å²) < 4.78 is 5.11. The molecule has 1 aromatic carbocycles. The summed E-state index contributed by atoms with van der Waals surface area (Å²) >= 11 is 1.69. The Hall–Kier alpha value is -0.710. The fourth-order valence-corrected chi connectivity index (χ4v) is 2.24. The van der Waals surface area contributed by atoms with E-state index in [4.69, 9.17) is 4.74 Å². The molecular formula is C13H21NO2S. The number of hydrogen-bond acceptors (Lipinski definition) is 4. The molecule has 1 rings (SSSR count). The van der Waals surface area contributed by atoms with Crippen LogP contribution in [-0.4, -0.2) is 36.4 Å². The molecule has 0 amide bonds. The summed E-state index contributed by atoms with van der Waals surface area (Å²) in [4.78, 5) is 0. The lowest BCUT2D eigenvalue weighted by Crippen LogP contribution is -2.37. The van der Waals surface area contributed by atoms with Crippen LogP contribution in [0.25, 0.3) is 0 Å². The van der Waals surface area contributed by atoms with Crippen LogP contribution in [0.1, 0.15) is 12.5 Å². The van der Waals surface area contributed by atoms with E-state index in [1.165, 1.54) is 5.56 Å².